The third-order valence-electron chi connectivity index (χ3n) is 2.24. The molecule has 0 radical (unpaired) electrons. The quantitative estimate of drug-likeness (QED) is 0.787. The molecule has 0 aliphatic carbocycles. The molecule has 2 N–H and O–H groups in total. The lowest BCUT2D eigenvalue weighted by Gasteiger charge is -2.11. The number of ether oxygens (including phenoxy) is 2. The van der Waals surface area contributed by atoms with Gasteiger partial charge in [-0.25, -0.2) is 4.39 Å². The van der Waals surface area contributed by atoms with Crippen molar-refractivity contribution < 1.29 is 13.9 Å². The molecular formula is C12H18FNO2. The van der Waals surface area contributed by atoms with Crippen LogP contribution in [-0.2, 0) is 0 Å². The third kappa shape index (κ3) is 3.29. The summed E-state index contributed by atoms with van der Waals surface area (Å²) < 4.78 is 23.8. The minimum Gasteiger partial charge on any atom is -0.494 e. The minimum absolute atomic E-state index is 0.187. The van der Waals surface area contributed by atoms with Crippen LogP contribution in [0.3, 0.4) is 0 Å². The number of nitrogens with two attached hydrogens (primary N) is 1. The molecule has 1 rings (SSSR count). The Balaban J connectivity index is 2.72. The van der Waals surface area contributed by atoms with Gasteiger partial charge in [-0.1, -0.05) is 13.8 Å². The third-order valence-corrected chi connectivity index (χ3v) is 2.24. The smallest absolute Gasteiger partial charge is 0.167 e. The molecule has 1 aromatic rings. The molecule has 0 spiro atoms. The molecular weight excluding hydrogens is 209 g/mol. The Morgan fingerprint density at radius 2 is 2.00 bits per heavy atom. The second-order valence-electron chi connectivity index (χ2n) is 4.06. The Morgan fingerprint density at radius 1 is 1.31 bits per heavy atom. The van der Waals surface area contributed by atoms with Crippen LogP contribution >= 0.6 is 0 Å². The fraction of sp³-hybridized carbons (Fsp3) is 0.500. The van der Waals surface area contributed by atoms with Gasteiger partial charge < -0.3 is 15.2 Å². The maximum Gasteiger partial charge on any atom is 0.167 e. The number of hydrogen-bond acceptors (Lipinski definition) is 3. The van der Waals surface area contributed by atoms with Gasteiger partial charge in [0, 0.05) is 12.1 Å². The van der Waals surface area contributed by atoms with Crippen LogP contribution in [0.25, 0.3) is 0 Å². The van der Waals surface area contributed by atoms with Crippen molar-refractivity contribution in [3.8, 4) is 11.5 Å². The van der Waals surface area contributed by atoms with Crippen molar-refractivity contribution in [2.75, 3.05) is 19.5 Å². The van der Waals surface area contributed by atoms with Crippen LogP contribution in [0.4, 0.5) is 10.1 Å². The van der Waals surface area contributed by atoms with Gasteiger partial charge in [-0.15, -0.1) is 0 Å². The zero-order valence-corrected chi connectivity index (χ0v) is 9.92. The lowest BCUT2D eigenvalue weighted by molar-refractivity contribution is 0.275. The van der Waals surface area contributed by atoms with Gasteiger partial charge in [0.25, 0.3) is 0 Å². The van der Waals surface area contributed by atoms with Crippen molar-refractivity contribution in [2.45, 2.75) is 20.3 Å². The Morgan fingerprint density at radius 3 is 2.56 bits per heavy atom. The standard InChI is InChI=1S/C12H18FNO2/c1-8(2)4-5-16-11-7-12(15-3)10(14)6-9(11)13/h6-8H,4-5,14H2,1-3H3. The molecule has 1 aromatic carbocycles. The van der Waals surface area contributed by atoms with Crippen LogP contribution in [0.15, 0.2) is 12.1 Å². The van der Waals surface area contributed by atoms with E-state index in [9.17, 15) is 4.39 Å². The maximum absolute atomic E-state index is 13.4. The van der Waals surface area contributed by atoms with E-state index < -0.39 is 5.82 Å². The number of hydrogen-bond donors (Lipinski definition) is 1. The predicted molar refractivity (Wildman–Crippen MR) is 62.3 cm³/mol. The lowest BCUT2D eigenvalue weighted by atomic mass is 10.1. The summed E-state index contributed by atoms with van der Waals surface area (Å²) in [5.74, 6) is 0.688. The summed E-state index contributed by atoms with van der Waals surface area (Å²) in [5.41, 5.74) is 5.83. The van der Waals surface area contributed by atoms with Gasteiger partial charge in [-0.2, -0.15) is 0 Å². The number of benzene rings is 1. The highest BCUT2D eigenvalue weighted by Crippen LogP contribution is 2.29. The molecule has 0 saturated heterocycles. The second kappa shape index (κ2) is 5.58. The van der Waals surface area contributed by atoms with Crippen LogP contribution < -0.4 is 15.2 Å². The van der Waals surface area contributed by atoms with Gasteiger partial charge in [0.05, 0.1) is 19.4 Å². The number of nitrogen functional groups attached to an aromatic ring is 1. The van der Waals surface area contributed by atoms with E-state index in [-0.39, 0.29) is 11.4 Å². The summed E-state index contributed by atoms with van der Waals surface area (Å²) in [7, 11) is 1.49. The molecule has 16 heavy (non-hydrogen) atoms. The van der Waals surface area contributed by atoms with Gasteiger partial charge in [0.1, 0.15) is 5.75 Å². The van der Waals surface area contributed by atoms with E-state index in [0.717, 1.165) is 6.42 Å². The molecule has 3 nitrogen and oxygen atoms in total. The molecule has 0 aliphatic heterocycles. The van der Waals surface area contributed by atoms with E-state index >= 15 is 0 Å². The van der Waals surface area contributed by atoms with E-state index in [2.05, 4.69) is 13.8 Å². The maximum atomic E-state index is 13.4. The van der Waals surface area contributed by atoms with Gasteiger partial charge in [0.15, 0.2) is 11.6 Å². The highest BCUT2D eigenvalue weighted by atomic mass is 19.1. The first kappa shape index (κ1) is 12.6. The zero-order chi connectivity index (χ0) is 12.1. The predicted octanol–water partition coefficient (Wildman–Crippen LogP) is 2.84. The first-order valence-electron chi connectivity index (χ1n) is 5.30. The van der Waals surface area contributed by atoms with Crippen LogP contribution in [0.5, 0.6) is 11.5 Å². The molecule has 90 valence electrons. The topological polar surface area (TPSA) is 44.5 Å². The normalized spacial score (nSPS) is 10.6. The number of methoxy groups -OCH3 is 1. The fourth-order valence-corrected chi connectivity index (χ4v) is 1.24. The largest absolute Gasteiger partial charge is 0.494 e. The number of halogens is 1. The number of anilines is 1. The molecule has 0 aromatic heterocycles. The minimum atomic E-state index is -0.456. The molecule has 0 amide bonds. The Labute approximate surface area is 95.4 Å². The Hall–Kier alpha value is -1.45. The van der Waals surface area contributed by atoms with Crippen molar-refractivity contribution >= 4 is 5.69 Å². The molecule has 4 heteroatoms. The van der Waals surface area contributed by atoms with E-state index in [4.69, 9.17) is 15.2 Å². The lowest BCUT2D eigenvalue weighted by Crippen LogP contribution is -2.04. The van der Waals surface area contributed by atoms with Crippen molar-refractivity contribution in [3.05, 3.63) is 17.9 Å². The van der Waals surface area contributed by atoms with Crippen LogP contribution in [0.1, 0.15) is 20.3 Å². The monoisotopic (exact) mass is 227 g/mol. The average molecular weight is 227 g/mol. The Bertz CT molecular complexity index is 353. The number of rotatable bonds is 5. The van der Waals surface area contributed by atoms with E-state index in [0.29, 0.717) is 18.3 Å². The van der Waals surface area contributed by atoms with E-state index in [1.165, 1.54) is 19.2 Å². The molecule has 0 aliphatic rings. The molecule has 0 fully saturated rings. The van der Waals surface area contributed by atoms with Gasteiger partial charge >= 0.3 is 0 Å². The summed E-state index contributed by atoms with van der Waals surface area (Å²) in [5, 5.41) is 0. The summed E-state index contributed by atoms with van der Waals surface area (Å²) in [6.45, 7) is 4.66. The average Bonchev–Trinajstić information content (AvgIpc) is 2.20. The SMILES string of the molecule is COc1cc(OCCC(C)C)c(F)cc1N. The van der Waals surface area contributed by atoms with Crippen molar-refractivity contribution in [2.24, 2.45) is 5.92 Å². The van der Waals surface area contributed by atoms with E-state index in [1.807, 2.05) is 0 Å². The van der Waals surface area contributed by atoms with Crippen LogP contribution in [-0.4, -0.2) is 13.7 Å². The van der Waals surface area contributed by atoms with Gasteiger partial charge in [0.2, 0.25) is 0 Å². The Kier molecular flexibility index (Phi) is 4.40. The summed E-state index contributed by atoms with van der Waals surface area (Å²) in [6, 6.07) is 2.69. The van der Waals surface area contributed by atoms with E-state index in [1.54, 1.807) is 0 Å². The molecule has 0 atom stereocenters. The van der Waals surface area contributed by atoms with Gasteiger partial charge in [-0.05, 0) is 12.3 Å². The van der Waals surface area contributed by atoms with Crippen molar-refractivity contribution in [1.29, 1.82) is 0 Å². The van der Waals surface area contributed by atoms with Gasteiger partial charge in [-0.3, -0.25) is 0 Å². The molecule has 0 saturated carbocycles. The highest BCUT2D eigenvalue weighted by molar-refractivity contribution is 5.56. The zero-order valence-electron chi connectivity index (χ0n) is 9.92. The second-order valence-corrected chi connectivity index (χ2v) is 4.06. The van der Waals surface area contributed by atoms with Crippen LogP contribution in [0, 0.1) is 11.7 Å². The molecule has 0 heterocycles. The molecule has 0 bridgehead atoms. The fourth-order valence-electron chi connectivity index (χ4n) is 1.24. The first-order valence-corrected chi connectivity index (χ1v) is 5.30. The highest BCUT2D eigenvalue weighted by Gasteiger charge is 2.09. The van der Waals surface area contributed by atoms with Crippen molar-refractivity contribution in [1.82, 2.24) is 0 Å². The van der Waals surface area contributed by atoms with Crippen LogP contribution in [0.2, 0.25) is 0 Å². The first-order chi connectivity index (χ1) is 7.54. The van der Waals surface area contributed by atoms with Crippen molar-refractivity contribution in [3.63, 3.8) is 0 Å². The molecule has 0 unspecified atom stereocenters. The summed E-state index contributed by atoms with van der Waals surface area (Å²) in [6.07, 6.45) is 0.881. The summed E-state index contributed by atoms with van der Waals surface area (Å²) >= 11 is 0. The summed E-state index contributed by atoms with van der Waals surface area (Å²) in [4.78, 5) is 0.